The average Bonchev–Trinajstić information content (AvgIpc) is 2.86. The lowest BCUT2D eigenvalue weighted by molar-refractivity contribution is 0.411. The van der Waals surface area contributed by atoms with Crippen molar-refractivity contribution in [1.82, 2.24) is 4.98 Å². The Hall–Kier alpha value is -1.66. The topological polar surface area (TPSA) is 12.9 Å². The molecule has 0 radical (unpaired) electrons. The van der Waals surface area contributed by atoms with Gasteiger partial charge in [0.15, 0.2) is 23.3 Å². The Bertz CT molecular complexity index is 831. The average molecular weight is 318 g/mol. The number of nitrogens with zero attached hydrogens (tertiary/aromatic N) is 1. The Morgan fingerprint density at radius 2 is 1.75 bits per heavy atom. The van der Waals surface area contributed by atoms with Crippen molar-refractivity contribution in [2.75, 3.05) is 0 Å². The number of benzene rings is 2. The molecule has 0 saturated carbocycles. The standard InChI is InChI=1S/C13H4ClF4NS/c14-6-2-1-3-8-12(6)19-13(20-8)5-4-7(15)10(17)11(18)9(5)16/h1-4H. The molecule has 3 rings (SSSR count). The minimum atomic E-state index is -1.86. The lowest BCUT2D eigenvalue weighted by Crippen LogP contribution is -1.98. The summed E-state index contributed by atoms with van der Waals surface area (Å²) < 4.78 is 53.7. The molecule has 0 atom stereocenters. The van der Waals surface area contributed by atoms with E-state index in [1.54, 1.807) is 18.2 Å². The summed E-state index contributed by atoms with van der Waals surface area (Å²) in [5, 5.41) is 0.372. The van der Waals surface area contributed by atoms with Gasteiger partial charge < -0.3 is 0 Å². The summed E-state index contributed by atoms with van der Waals surface area (Å²) in [5.74, 6) is -6.64. The maximum absolute atomic E-state index is 13.7. The smallest absolute Gasteiger partial charge is 0.198 e. The van der Waals surface area contributed by atoms with Crippen molar-refractivity contribution in [3.8, 4) is 10.6 Å². The number of aromatic nitrogens is 1. The van der Waals surface area contributed by atoms with Gasteiger partial charge in [-0.25, -0.2) is 22.5 Å². The summed E-state index contributed by atoms with van der Waals surface area (Å²) in [6.45, 7) is 0. The van der Waals surface area contributed by atoms with Crippen LogP contribution < -0.4 is 0 Å². The third-order valence-electron chi connectivity index (χ3n) is 2.70. The van der Waals surface area contributed by atoms with Crippen molar-refractivity contribution in [2.24, 2.45) is 0 Å². The molecule has 0 unspecified atom stereocenters. The molecule has 20 heavy (non-hydrogen) atoms. The maximum Gasteiger partial charge on any atom is 0.198 e. The lowest BCUT2D eigenvalue weighted by Gasteiger charge is -2.02. The first kappa shape index (κ1) is 13.3. The van der Waals surface area contributed by atoms with E-state index < -0.39 is 28.8 Å². The first-order chi connectivity index (χ1) is 9.49. The Kier molecular flexibility index (Phi) is 3.14. The molecule has 102 valence electrons. The quantitative estimate of drug-likeness (QED) is 0.342. The Morgan fingerprint density at radius 3 is 2.45 bits per heavy atom. The second kappa shape index (κ2) is 4.71. The van der Waals surface area contributed by atoms with E-state index >= 15 is 0 Å². The van der Waals surface area contributed by atoms with Crippen LogP contribution in [0.15, 0.2) is 24.3 Å². The number of thiazole rings is 1. The van der Waals surface area contributed by atoms with Crippen LogP contribution in [0.4, 0.5) is 17.6 Å². The fourth-order valence-electron chi connectivity index (χ4n) is 1.76. The third kappa shape index (κ3) is 1.96. The summed E-state index contributed by atoms with van der Waals surface area (Å²) in [7, 11) is 0. The largest absolute Gasteiger partial charge is 0.234 e. The molecule has 0 aliphatic heterocycles. The lowest BCUT2D eigenvalue weighted by atomic mass is 10.2. The van der Waals surface area contributed by atoms with Crippen LogP contribution in [0.2, 0.25) is 5.02 Å². The number of hydrogen-bond acceptors (Lipinski definition) is 2. The summed E-state index contributed by atoms with van der Waals surface area (Å²) >= 11 is 6.94. The first-order valence-electron chi connectivity index (χ1n) is 5.37. The van der Waals surface area contributed by atoms with E-state index in [9.17, 15) is 17.6 Å². The van der Waals surface area contributed by atoms with E-state index in [1.165, 1.54) is 0 Å². The Balaban J connectivity index is 2.29. The molecule has 1 heterocycles. The zero-order valence-electron chi connectivity index (χ0n) is 9.55. The molecule has 0 spiro atoms. The zero-order chi connectivity index (χ0) is 14.4. The van der Waals surface area contributed by atoms with E-state index in [0.717, 1.165) is 11.3 Å². The van der Waals surface area contributed by atoms with Gasteiger partial charge in [-0.05, 0) is 18.2 Å². The highest BCUT2D eigenvalue weighted by Crippen LogP contribution is 2.36. The number of rotatable bonds is 1. The van der Waals surface area contributed by atoms with E-state index in [-0.39, 0.29) is 5.01 Å². The molecule has 0 bridgehead atoms. The molecular weight excluding hydrogens is 314 g/mol. The van der Waals surface area contributed by atoms with Gasteiger partial charge in [0, 0.05) is 0 Å². The van der Waals surface area contributed by atoms with Gasteiger partial charge in [-0.15, -0.1) is 11.3 Å². The summed E-state index contributed by atoms with van der Waals surface area (Å²) in [6, 6.07) is 5.54. The number of para-hydroxylation sites is 1. The zero-order valence-corrected chi connectivity index (χ0v) is 11.1. The number of fused-ring (bicyclic) bond motifs is 1. The van der Waals surface area contributed by atoms with Crippen molar-refractivity contribution in [3.63, 3.8) is 0 Å². The molecular formula is C13H4ClF4NS. The first-order valence-corrected chi connectivity index (χ1v) is 6.57. The molecule has 3 aromatic rings. The molecule has 2 aromatic carbocycles. The predicted octanol–water partition coefficient (Wildman–Crippen LogP) is 5.17. The number of halogens is 5. The predicted molar refractivity (Wildman–Crippen MR) is 69.9 cm³/mol. The molecule has 0 N–H and O–H groups in total. The van der Waals surface area contributed by atoms with E-state index in [4.69, 9.17) is 11.6 Å². The van der Waals surface area contributed by atoms with E-state index in [1.807, 2.05) is 0 Å². The molecule has 0 amide bonds. The SMILES string of the molecule is Fc1cc(-c2nc3c(Cl)cccc3s2)c(F)c(F)c1F. The Morgan fingerprint density at radius 1 is 1.00 bits per heavy atom. The number of hydrogen-bond donors (Lipinski definition) is 0. The van der Waals surface area contributed by atoms with Crippen molar-refractivity contribution < 1.29 is 17.6 Å². The molecule has 0 fully saturated rings. The van der Waals surface area contributed by atoms with Crippen LogP contribution in [0, 0.1) is 23.3 Å². The van der Waals surface area contributed by atoms with Gasteiger partial charge in [-0.1, -0.05) is 17.7 Å². The van der Waals surface area contributed by atoms with Crippen molar-refractivity contribution >= 4 is 33.2 Å². The van der Waals surface area contributed by atoms with Crippen molar-refractivity contribution in [1.29, 1.82) is 0 Å². The fraction of sp³-hybridized carbons (Fsp3) is 0. The van der Waals surface area contributed by atoms with Crippen LogP contribution in [0.5, 0.6) is 0 Å². The minimum Gasteiger partial charge on any atom is -0.234 e. The van der Waals surface area contributed by atoms with Crippen LogP contribution in [0.1, 0.15) is 0 Å². The van der Waals surface area contributed by atoms with Crippen LogP contribution in [-0.4, -0.2) is 4.98 Å². The van der Waals surface area contributed by atoms with Gasteiger partial charge >= 0.3 is 0 Å². The van der Waals surface area contributed by atoms with Gasteiger partial charge in [-0.2, -0.15) is 0 Å². The second-order valence-corrected chi connectivity index (χ2v) is 5.39. The molecule has 7 heteroatoms. The highest BCUT2D eigenvalue weighted by atomic mass is 35.5. The summed E-state index contributed by atoms with van der Waals surface area (Å²) in [5.41, 5.74) is -0.0302. The van der Waals surface area contributed by atoms with Crippen LogP contribution in [0.25, 0.3) is 20.8 Å². The Labute approximate surface area is 119 Å². The highest BCUT2D eigenvalue weighted by Gasteiger charge is 2.22. The van der Waals surface area contributed by atoms with Gasteiger partial charge in [0.25, 0.3) is 0 Å². The van der Waals surface area contributed by atoms with Crippen LogP contribution >= 0.6 is 22.9 Å². The second-order valence-electron chi connectivity index (χ2n) is 3.95. The van der Waals surface area contributed by atoms with E-state index in [0.29, 0.717) is 21.3 Å². The monoisotopic (exact) mass is 317 g/mol. The molecule has 1 nitrogen and oxygen atoms in total. The van der Waals surface area contributed by atoms with Gasteiger partial charge in [0.1, 0.15) is 10.5 Å². The molecule has 0 aliphatic rings. The van der Waals surface area contributed by atoms with Gasteiger partial charge in [-0.3, -0.25) is 0 Å². The van der Waals surface area contributed by atoms with Gasteiger partial charge in [0.2, 0.25) is 0 Å². The fourth-order valence-corrected chi connectivity index (χ4v) is 3.03. The van der Waals surface area contributed by atoms with Crippen molar-refractivity contribution in [3.05, 3.63) is 52.6 Å². The minimum absolute atomic E-state index is 0.0309. The normalized spacial score (nSPS) is 11.2. The third-order valence-corrected chi connectivity index (χ3v) is 4.06. The molecule has 0 aliphatic carbocycles. The van der Waals surface area contributed by atoms with E-state index in [2.05, 4.69) is 4.98 Å². The van der Waals surface area contributed by atoms with Crippen molar-refractivity contribution in [2.45, 2.75) is 0 Å². The van der Waals surface area contributed by atoms with Gasteiger partial charge in [0.05, 0.1) is 15.3 Å². The van der Waals surface area contributed by atoms with Crippen LogP contribution in [-0.2, 0) is 0 Å². The molecule has 0 saturated heterocycles. The molecule has 1 aromatic heterocycles. The highest BCUT2D eigenvalue weighted by molar-refractivity contribution is 7.21. The van der Waals surface area contributed by atoms with Crippen LogP contribution in [0.3, 0.4) is 0 Å². The summed E-state index contributed by atoms with van der Waals surface area (Å²) in [6.07, 6.45) is 0. The summed E-state index contributed by atoms with van der Waals surface area (Å²) in [4.78, 5) is 4.05. The maximum atomic E-state index is 13.7.